The third kappa shape index (κ3) is 2.52. The van der Waals surface area contributed by atoms with Crippen LogP contribution >= 0.6 is 0 Å². The van der Waals surface area contributed by atoms with Gasteiger partial charge in [0.1, 0.15) is 0 Å². The van der Waals surface area contributed by atoms with E-state index >= 15 is 0 Å². The van der Waals surface area contributed by atoms with E-state index in [4.69, 9.17) is 22.2 Å². The lowest BCUT2D eigenvalue weighted by atomic mass is 10.0. The van der Waals surface area contributed by atoms with Gasteiger partial charge in [0, 0.05) is 11.4 Å². The van der Waals surface area contributed by atoms with Crippen LogP contribution in [0.1, 0.15) is 34.3 Å². The van der Waals surface area contributed by atoms with Gasteiger partial charge >= 0.3 is 0 Å². The zero-order valence-corrected chi connectivity index (χ0v) is 16.5. The zero-order chi connectivity index (χ0) is 20.4. The highest BCUT2D eigenvalue weighted by atomic mass is 15.1. The molecular formula is C25H23N5. The molecule has 2 atom stereocenters. The van der Waals surface area contributed by atoms with Crippen molar-refractivity contribution in [3.8, 4) is 0 Å². The molecule has 0 heterocycles. The summed E-state index contributed by atoms with van der Waals surface area (Å²) < 4.78 is 0. The minimum Gasteiger partial charge on any atom is -0.399 e. The maximum absolute atomic E-state index is 6.41. The third-order valence-electron chi connectivity index (χ3n) is 6.41. The fourth-order valence-electron chi connectivity index (χ4n) is 5.31. The van der Waals surface area contributed by atoms with Crippen molar-refractivity contribution in [3.05, 3.63) is 82.9 Å². The van der Waals surface area contributed by atoms with Crippen molar-refractivity contribution in [2.75, 3.05) is 11.5 Å². The zero-order valence-electron chi connectivity index (χ0n) is 16.5. The smallest absolute Gasteiger partial charge is 0.189 e. The standard InChI is InChI=1S/C25H23N5/c26-17-7-13-3-1-5-19-21(11-15(9-17)23(13)19)29-25(28)30-22-12-16-10-18(27)8-14-4-2-6-20(22)24(14)16/h1-10,21-22H,11-12,26-27H2,(H3,28,29,30). The van der Waals surface area contributed by atoms with Gasteiger partial charge in [0.15, 0.2) is 5.96 Å². The van der Waals surface area contributed by atoms with E-state index in [2.05, 4.69) is 53.8 Å². The van der Waals surface area contributed by atoms with Crippen molar-refractivity contribution < 1.29 is 0 Å². The molecule has 2 aliphatic carbocycles. The molecule has 0 amide bonds. The number of anilines is 2. The molecule has 0 radical (unpaired) electrons. The van der Waals surface area contributed by atoms with Crippen molar-refractivity contribution in [1.82, 2.24) is 5.32 Å². The topological polar surface area (TPSA) is 102 Å². The normalized spacial score (nSPS) is 19.7. The van der Waals surface area contributed by atoms with E-state index in [0.29, 0.717) is 5.96 Å². The van der Waals surface area contributed by atoms with Crippen LogP contribution < -0.4 is 22.5 Å². The van der Waals surface area contributed by atoms with Crippen LogP contribution in [0.15, 0.2) is 65.7 Å². The van der Waals surface area contributed by atoms with Gasteiger partial charge in [-0.25, -0.2) is 4.99 Å². The van der Waals surface area contributed by atoms with Gasteiger partial charge in [0.25, 0.3) is 0 Å². The van der Waals surface area contributed by atoms with Crippen LogP contribution in [0.4, 0.5) is 11.4 Å². The van der Waals surface area contributed by atoms with E-state index in [1.54, 1.807) is 0 Å². The summed E-state index contributed by atoms with van der Waals surface area (Å²) in [7, 11) is 0. The molecule has 0 saturated carbocycles. The molecule has 30 heavy (non-hydrogen) atoms. The number of benzene rings is 4. The van der Waals surface area contributed by atoms with Gasteiger partial charge in [-0.1, -0.05) is 36.4 Å². The summed E-state index contributed by atoms with van der Waals surface area (Å²) in [6.45, 7) is 0. The first-order chi connectivity index (χ1) is 14.6. The second kappa shape index (κ2) is 6.13. The lowest BCUT2D eigenvalue weighted by Crippen LogP contribution is -2.35. The van der Waals surface area contributed by atoms with Gasteiger partial charge in [-0.3, -0.25) is 0 Å². The lowest BCUT2D eigenvalue weighted by Gasteiger charge is -2.16. The first kappa shape index (κ1) is 17.2. The molecule has 7 N–H and O–H groups in total. The Balaban J connectivity index is 1.32. The van der Waals surface area contributed by atoms with Crippen molar-refractivity contribution in [1.29, 1.82) is 0 Å². The predicted molar refractivity (Wildman–Crippen MR) is 124 cm³/mol. The van der Waals surface area contributed by atoms with E-state index < -0.39 is 0 Å². The van der Waals surface area contributed by atoms with E-state index in [-0.39, 0.29) is 12.1 Å². The van der Waals surface area contributed by atoms with Crippen LogP contribution in [-0.4, -0.2) is 5.96 Å². The number of hydrogen-bond acceptors (Lipinski definition) is 3. The maximum atomic E-state index is 6.41. The summed E-state index contributed by atoms with van der Waals surface area (Å²) in [6, 6.07) is 21.0. The van der Waals surface area contributed by atoms with Gasteiger partial charge in [0.2, 0.25) is 0 Å². The number of guanidine groups is 1. The minimum absolute atomic E-state index is 0.00761. The second-order valence-corrected chi connectivity index (χ2v) is 8.39. The molecule has 4 aromatic carbocycles. The van der Waals surface area contributed by atoms with E-state index in [0.717, 1.165) is 24.2 Å². The molecule has 0 fully saturated rings. The second-order valence-electron chi connectivity index (χ2n) is 8.39. The summed E-state index contributed by atoms with van der Waals surface area (Å²) in [6.07, 6.45) is 1.67. The summed E-state index contributed by atoms with van der Waals surface area (Å²) in [4.78, 5) is 4.87. The first-order valence-corrected chi connectivity index (χ1v) is 10.3. The minimum atomic E-state index is 0.00761. The average molecular weight is 393 g/mol. The highest BCUT2D eigenvalue weighted by Crippen LogP contribution is 2.41. The predicted octanol–water partition coefficient (Wildman–Crippen LogP) is 3.96. The van der Waals surface area contributed by atoms with Crippen LogP contribution in [0.5, 0.6) is 0 Å². The summed E-state index contributed by atoms with van der Waals surface area (Å²) in [5, 5.41) is 8.36. The Hall–Kier alpha value is -3.73. The van der Waals surface area contributed by atoms with Crippen LogP contribution in [0.25, 0.3) is 21.5 Å². The molecule has 6 rings (SSSR count). The molecule has 2 unspecified atom stereocenters. The number of nitrogens with one attached hydrogen (secondary N) is 1. The monoisotopic (exact) mass is 393 g/mol. The molecule has 5 heteroatoms. The Labute approximate surface area is 174 Å². The molecule has 5 nitrogen and oxygen atoms in total. The number of nitrogen functional groups attached to an aromatic ring is 2. The van der Waals surface area contributed by atoms with Crippen LogP contribution in [0.2, 0.25) is 0 Å². The number of nitrogens with two attached hydrogens (primary N) is 3. The molecule has 2 aliphatic rings. The Kier molecular flexibility index (Phi) is 3.51. The Morgan fingerprint density at radius 3 is 2.10 bits per heavy atom. The third-order valence-corrected chi connectivity index (χ3v) is 6.41. The van der Waals surface area contributed by atoms with Crippen molar-refractivity contribution in [2.45, 2.75) is 24.9 Å². The van der Waals surface area contributed by atoms with Crippen LogP contribution in [-0.2, 0) is 12.8 Å². The molecular weight excluding hydrogens is 370 g/mol. The number of aliphatic imine (C=N–C) groups is 1. The molecule has 0 bridgehead atoms. The van der Waals surface area contributed by atoms with Crippen molar-refractivity contribution in [2.24, 2.45) is 10.7 Å². The van der Waals surface area contributed by atoms with Gasteiger partial charge < -0.3 is 22.5 Å². The van der Waals surface area contributed by atoms with Gasteiger partial charge in [0.05, 0.1) is 12.1 Å². The van der Waals surface area contributed by atoms with E-state index in [1.165, 1.54) is 43.8 Å². The van der Waals surface area contributed by atoms with Crippen molar-refractivity contribution >= 4 is 38.9 Å². The van der Waals surface area contributed by atoms with E-state index in [9.17, 15) is 0 Å². The molecule has 4 aromatic rings. The maximum Gasteiger partial charge on any atom is 0.189 e. The van der Waals surface area contributed by atoms with Gasteiger partial charge in [-0.15, -0.1) is 0 Å². The summed E-state index contributed by atoms with van der Waals surface area (Å²) in [5.41, 5.74) is 25.2. The lowest BCUT2D eigenvalue weighted by molar-refractivity contribution is 0.653. The number of nitrogens with zero attached hydrogens (tertiary/aromatic N) is 1. The number of rotatable bonds is 2. The quantitative estimate of drug-likeness (QED) is 0.235. The molecule has 0 spiro atoms. The number of hydrogen-bond donors (Lipinski definition) is 4. The first-order valence-electron chi connectivity index (χ1n) is 10.3. The molecule has 0 aromatic heterocycles. The van der Waals surface area contributed by atoms with Gasteiger partial charge in [-0.2, -0.15) is 0 Å². The average Bonchev–Trinajstić information content (AvgIpc) is 3.22. The fraction of sp³-hybridized carbons (Fsp3) is 0.160. The fourth-order valence-corrected chi connectivity index (χ4v) is 5.31. The SMILES string of the molecule is NC(=NC1Cc2cc(N)cc3cccc1c23)NC1Cc2cc(N)cc3cccc1c23. The Morgan fingerprint density at radius 1 is 0.800 bits per heavy atom. The highest BCUT2D eigenvalue weighted by Gasteiger charge is 2.27. The summed E-state index contributed by atoms with van der Waals surface area (Å²) >= 11 is 0. The molecule has 148 valence electrons. The van der Waals surface area contributed by atoms with Crippen LogP contribution in [0, 0.1) is 0 Å². The molecule has 0 aliphatic heterocycles. The Bertz CT molecular complexity index is 1370. The van der Waals surface area contributed by atoms with Gasteiger partial charge in [-0.05, 0) is 80.9 Å². The van der Waals surface area contributed by atoms with E-state index in [1.807, 2.05) is 12.1 Å². The molecule has 0 saturated heterocycles. The van der Waals surface area contributed by atoms with Crippen LogP contribution in [0.3, 0.4) is 0 Å². The highest BCUT2D eigenvalue weighted by molar-refractivity contribution is 5.95. The summed E-state index contributed by atoms with van der Waals surface area (Å²) in [5.74, 6) is 0.473. The Morgan fingerprint density at radius 2 is 1.40 bits per heavy atom. The largest absolute Gasteiger partial charge is 0.399 e. The van der Waals surface area contributed by atoms with Crippen molar-refractivity contribution in [3.63, 3.8) is 0 Å².